The van der Waals surface area contributed by atoms with E-state index < -0.39 is 22.8 Å². The molecule has 1 spiro atoms. The van der Waals surface area contributed by atoms with E-state index in [4.69, 9.17) is 0 Å². The molecule has 24 heavy (non-hydrogen) atoms. The Bertz CT molecular complexity index is 592. The molecule has 0 radical (unpaired) electrons. The average Bonchev–Trinajstić information content (AvgIpc) is 2.67. The Balaban J connectivity index is 2.05. The number of hydrogen-bond donors (Lipinski definition) is 2. The molecule has 0 amide bonds. The summed E-state index contributed by atoms with van der Waals surface area (Å²) in [4.78, 5) is 23.6. The van der Waals surface area contributed by atoms with Crippen LogP contribution in [-0.4, -0.2) is 22.2 Å². The first kappa shape index (κ1) is 17.5. The quantitative estimate of drug-likeness (QED) is 0.750. The van der Waals surface area contributed by atoms with Crippen LogP contribution in [-0.2, 0) is 9.59 Å². The number of aliphatic carboxylic acids is 2. The van der Waals surface area contributed by atoms with E-state index in [0.717, 1.165) is 38.5 Å². The van der Waals surface area contributed by atoms with E-state index in [-0.39, 0.29) is 23.7 Å². The lowest BCUT2D eigenvalue weighted by molar-refractivity contribution is -0.173. The third-order valence-electron chi connectivity index (χ3n) is 7.83. The van der Waals surface area contributed by atoms with E-state index in [9.17, 15) is 19.8 Å². The molecule has 3 aliphatic carbocycles. The summed E-state index contributed by atoms with van der Waals surface area (Å²) in [6.07, 6.45) is 6.13. The summed E-state index contributed by atoms with van der Waals surface area (Å²) in [5.74, 6) is -0.850. The van der Waals surface area contributed by atoms with E-state index >= 15 is 0 Å². The molecule has 3 aliphatic rings. The van der Waals surface area contributed by atoms with Crippen molar-refractivity contribution in [1.29, 1.82) is 0 Å². The van der Waals surface area contributed by atoms with E-state index in [1.807, 2.05) is 0 Å². The Hall–Kier alpha value is -1.32. The zero-order valence-corrected chi connectivity index (χ0v) is 15.1. The van der Waals surface area contributed by atoms with E-state index in [2.05, 4.69) is 13.5 Å². The first-order chi connectivity index (χ1) is 11.0. The maximum absolute atomic E-state index is 11.9. The molecule has 2 N–H and O–H groups in total. The standard InChI is InChI=1S/C20H30O4/c1-12-9-20-8-7-14(18(2,3)17(23)24)19(4,11-16(21)22)15(20)6-5-13(12)10-20/h13-15H,1,5-11H2,2-4H3,(H,21,22)(H,23,24)/t13-,14-,15+,19-,20-/m1/s1. The maximum atomic E-state index is 11.9. The molecule has 0 aromatic heterocycles. The normalized spacial score (nSPS) is 41.8. The van der Waals surface area contributed by atoms with Crippen LogP contribution in [0.4, 0.5) is 0 Å². The zero-order valence-electron chi connectivity index (χ0n) is 15.1. The van der Waals surface area contributed by atoms with Crippen molar-refractivity contribution < 1.29 is 19.8 Å². The Labute approximate surface area is 144 Å². The smallest absolute Gasteiger partial charge is 0.309 e. The summed E-state index contributed by atoms with van der Waals surface area (Å²) >= 11 is 0. The molecule has 5 atom stereocenters. The molecule has 0 unspecified atom stereocenters. The number of fused-ring (bicyclic) bond motifs is 1. The molecule has 0 saturated heterocycles. The van der Waals surface area contributed by atoms with Gasteiger partial charge in [0.25, 0.3) is 0 Å². The average molecular weight is 334 g/mol. The van der Waals surface area contributed by atoms with Crippen molar-refractivity contribution in [2.24, 2.45) is 34.0 Å². The van der Waals surface area contributed by atoms with Gasteiger partial charge < -0.3 is 10.2 Å². The van der Waals surface area contributed by atoms with Gasteiger partial charge in [0.2, 0.25) is 0 Å². The third-order valence-corrected chi connectivity index (χ3v) is 7.83. The second-order valence-electron chi connectivity index (χ2n) is 9.42. The number of carbonyl (C=O) groups is 2. The van der Waals surface area contributed by atoms with Crippen LogP contribution >= 0.6 is 0 Å². The molecular weight excluding hydrogens is 304 g/mol. The number of carboxylic acids is 2. The molecule has 4 heteroatoms. The Morgan fingerprint density at radius 1 is 1.25 bits per heavy atom. The van der Waals surface area contributed by atoms with Crippen LogP contribution in [0.15, 0.2) is 12.2 Å². The van der Waals surface area contributed by atoms with Gasteiger partial charge in [0.15, 0.2) is 0 Å². The topological polar surface area (TPSA) is 74.6 Å². The molecule has 0 aromatic rings. The highest BCUT2D eigenvalue weighted by atomic mass is 16.4. The van der Waals surface area contributed by atoms with Crippen LogP contribution in [0.3, 0.4) is 0 Å². The Morgan fingerprint density at radius 2 is 1.92 bits per heavy atom. The van der Waals surface area contributed by atoms with Crippen molar-refractivity contribution in [2.75, 3.05) is 0 Å². The second kappa shape index (κ2) is 5.34. The number of carboxylic acid groups (broad SMARTS) is 2. The fourth-order valence-electron chi connectivity index (χ4n) is 6.85. The van der Waals surface area contributed by atoms with Crippen molar-refractivity contribution in [3.8, 4) is 0 Å². The van der Waals surface area contributed by atoms with Crippen molar-refractivity contribution >= 4 is 11.9 Å². The lowest BCUT2D eigenvalue weighted by atomic mass is 9.43. The zero-order chi connectivity index (χ0) is 17.9. The monoisotopic (exact) mass is 334 g/mol. The van der Waals surface area contributed by atoms with Crippen molar-refractivity contribution in [2.45, 2.75) is 65.7 Å². The molecule has 3 fully saturated rings. The van der Waals surface area contributed by atoms with Gasteiger partial charge in [-0.3, -0.25) is 9.59 Å². The van der Waals surface area contributed by atoms with Gasteiger partial charge >= 0.3 is 11.9 Å². The highest BCUT2D eigenvalue weighted by molar-refractivity contribution is 5.75. The highest BCUT2D eigenvalue weighted by Crippen LogP contribution is 2.70. The van der Waals surface area contributed by atoms with Crippen LogP contribution in [0.25, 0.3) is 0 Å². The molecule has 0 aromatic carbocycles. The summed E-state index contributed by atoms with van der Waals surface area (Å²) in [6.45, 7) is 9.89. The van der Waals surface area contributed by atoms with Gasteiger partial charge in [0, 0.05) is 0 Å². The van der Waals surface area contributed by atoms with Crippen LogP contribution < -0.4 is 0 Å². The maximum Gasteiger partial charge on any atom is 0.309 e. The van der Waals surface area contributed by atoms with Crippen molar-refractivity contribution in [1.82, 2.24) is 0 Å². The van der Waals surface area contributed by atoms with Gasteiger partial charge in [0.05, 0.1) is 11.8 Å². The summed E-state index contributed by atoms with van der Waals surface area (Å²) in [5, 5.41) is 19.4. The van der Waals surface area contributed by atoms with E-state index in [1.54, 1.807) is 13.8 Å². The fraction of sp³-hybridized carbons (Fsp3) is 0.800. The van der Waals surface area contributed by atoms with E-state index in [1.165, 1.54) is 5.57 Å². The lowest BCUT2D eigenvalue weighted by Gasteiger charge is -2.60. The molecule has 0 aliphatic heterocycles. The van der Waals surface area contributed by atoms with Crippen LogP contribution in [0, 0.1) is 34.0 Å². The van der Waals surface area contributed by atoms with Gasteiger partial charge in [-0.05, 0) is 81.0 Å². The Morgan fingerprint density at radius 3 is 2.50 bits per heavy atom. The first-order valence-corrected chi connectivity index (χ1v) is 9.16. The lowest BCUT2D eigenvalue weighted by Crippen LogP contribution is -2.56. The van der Waals surface area contributed by atoms with Gasteiger partial charge in [-0.25, -0.2) is 0 Å². The van der Waals surface area contributed by atoms with Gasteiger partial charge in [-0.15, -0.1) is 0 Å². The molecule has 3 rings (SSSR count). The molecule has 3 saturated carbocycles. The first-order valence-electron chi connectivity index (χ1n) is 9.16. The third kappa shape index (κ3) is 2.33. The van der Waals surface area contributed by atoms with Crippen molar-refractivity contribution in [3.05, 3.63) is 12.2 Å². The summed E-state index contributed by atoms with van der Waals surface area (Å²) in [7, 11) is 0. The minimum Gasteiger partial charge on any atom is -0.481 e. The summed E-state index contributed by atoms with van der Waals surface area (Å²) in [6, 6.07) is 0. The highest BCUT2D eigenvalue weighted by Gasteiger charge is 2.63. The van der Waals surface area contributed by atoms with Gasteiger partial charge in [0.1, 0.15) is 0 Å². The largest absolute Gasteiger partial charge is 0.481 e. The van der Waals surface area contributed by atoms with Crippen molar-refractivity contribution in [3.63, 3.8) is 0 Å². The molecular formula is C20H30O4. The summed E-state index contributed by atoms with van der Waals surface area (Å²) in [5.41, 5.74) is 0.126. The molecule has 0 heterocycles. The SMILES string of the molecule is C=C1C[C@@]23CC[C@H](C(C)(C)C(=O)O)[C@@](C)(CC(=O)O)[C@@H]2CC[C@@H]1C3. The Kier molecular flexibility index (Phi) is 3.89. The van der Waals surface area contributed by atoms with Crippen LogP contribution in [0.1, 0.15) is 65.7 Å². The van der Waals surface area contributed by atoms with Gasteiger partial charge in [-0.2, -0.15) is 0 Å². The number of allylic oxidation sites excluding steroid dienone is 1. The minimum atomic E-state index is -0.904. The number of rotatable bonds is 4. The second-order valence-corrected chi connectivity index (χ2v) is 9.42. The minimum absolute atomic E-state index is 0.0674. The number of hydrogen-bond acceptors (Lipinski definition) is 2. The molecule has 134 valence electrons. The van der Waals surface area contributed by atoms with Gasteiger partial charge in [-0.1, -0.05) is 19.1 Å². The summed E-state index contributed by atoms with van der Waals surface area (Å²) < 4.78 is 0. The predicted octanol–water partition coefficient (Wildman–Crippen LogP) is 4.35. The van der Waals surface area contributed by atoms with Crippen LogP contribution in [0.5, 0.6) is 0 Å². The molecule has 2 bridgehead atoms. The molecule has 4 nitrogen and oxygen atoms in total. The predicted molar refractivity (Wildman–Crippen MR) is 91.5 cm³/mol. The van der Waals surface area contributed by atoms with E-state index in [0.29, 0.717) is 5.92 Å². The fourth-order valence-corrected chi connectivity index (χ4v) is 6.85. The van der Waals surface area contributed by atoms with Crippen LogP contribution in [0.2, 0.25) is 0 Å².